The third-order valence-electron chi connectivity index (χ3n) is 3.96. The Kier molecular flexibility index (Phi) is 7.16. The highest BCUT2D eigenvalue weighted by molar-refractivity contribution is 6.07. The lowest BCUT2D eigenvalue weighted by Gasteiger charge is -2.33. The molecule has 0 spiro atoms. The molecule has 4 heteroatoms. The fraction of sp³-hybridized carbons (Fsp3) is 0.429. The number of ketones is 1. The van der Waals surface area contributed by atoms with Crippen LogP contribution in [-0.4, -0.2) is 24.5 Å². The topological polar surface area (TPSA) is 52.6 Å². The molecule has 25 heavy (non-hydrogen) atoms. The van der Waals surface area contributed by atoms with Crippen molar-refractivity contribution in [3.05, 3.63) is 58.9 Å². The number of carbonyl (C=O) groups excluding carboxylic acids is 2. The first-order valence-corrected chi connectivity index (χ1v) is 8.30. The van der Waals surface area contributed by atoms with E-state index in [1.54, 1.807) is 20.1 Å². The second-order valence-electron chi connectivity index (χ2n) is 6.64. The molecule has 0 aromatic rings. The van der Waals surface area contributed by atoms with Gasteiger partial charge in [0.2, 0.25) is 5.78 Å². The molecule has 1 aliphatic rings. The summed E-state index contributed by atoms with van der Waals surface area (Å²) in [6.07, 6.45) is 7.62. The van der Waals surface area contributed by atoms with Gasteiger partial charge in [-0.25, -0.2) is 4.79 Å². The number of rotatable bonds is 7. The summed E-state index contributed by atoms with van der Waals surface area (Å²) in [7, 11) is 1.54. The summed E-state index contributed by atoms with van der Waals surface area (Å²) < 4.78 is 11.0. The van der Waals surface area contributed by atoms with Crippen molar-refractivity contribution in [1.29, 1.82) is 0 Å². The molecule has 136 valence electrons. The minimum atomic E-state index is -1.36. The molecular formula is C21H28O4. The Balaban J connectivity index is 3.51. The van der Waals surface area contributed by atoms with Gasteiger partial charge in [0.15, 0.2) is 5.60 Å². The summed E-state index contributed by atoms with van der Waals surface area (Å²) in [6.45, 7) is 13.0. The van der Waals surface area contributed by atoms with Crippen LogP contribution in [0.5, 0.6) is 0 Å². The van der Waals surface area contributed by atoms with Gasteiger partial charge >= 0.3 is 5.97 Å². The van der Waals surface area contributed by atoms with Gasteiger partial charge in [0.1, 0.15) is 5.76 Å². The van der Waals surface area contributed by atoms with Crippen molar-refractivity contribution in [2.45, 2.75) is 53.1 Å². The normalized spacial score (nSPS) is 19.8. The summed E-state index contributed by atoms with van der Waals surface area (Å²) >= 11 is 0. The summed E-state index contributed by atoms with van der Waals surface area (Å²) in [5.74, 6) is -0.343. The fourth-order valence-corrected chi connectivity index (χ4v) is 2.67. The molecular weight excluding hydrogens is 316 g/mol. The van der Waals surface area contributed by atoms with E-state index in [1.807, 2.05) is 33.8 Å². The summed E-state index contributed by atoms with van der Waals surface area (Å²) in [4.78, 5) is 24.9. The van der Waals surface area contributed by atoms with Crippen LogP contribution in [0.2, 0.25) is 0 Å². The zero-order valence-corrected chi connectivity index (χ0v) is 16.1. The molecule has 0 amide bonds. The second kappa shape index (κ2) is 8.65. The Labute approximate surface area is 150 Å². The van der Waals surface area contributed by atoms with Gasteiger partial charge in [0.05, 0.1) is 7.11 Å². The first-order chi connectivity index (χ1) is 11.7. The van der Waals surface area contributed by atoms with Gasteiger partial charge in [-0.05, 0) is 52.7 Å². The van der Waals surface area contributed by atoms with Gasteiger partial charge in [-0.3, -0.25) is 4.79 Å². The zero-order valence-electron chi connectivity index (χ0n) is 16.1. The lowest BCUT2D eigenvalue weighted by atomic mass is 9.80. The van der Waals surface area contributed by atoms with Crippen LogP contribution in [0.4, 0.5) is 0 Å². The van der Waals surface area contributed by atoms with Crippen molar-refractivity contribution in [3.63, 3.8) is 0 Å². The van der Waals surface area contributed by atoms with Crippen LogP contribution in [0, 0.1) is 0 Å². The molecule has 0 bridgehead atoms. The maximum Gasteiger partial charge on any atom is 0.331 e. The number of ether oxygens (including phenoxy) is 2. The van der Waals surface area contributed by atoms with Crippen molar-refractivity contribution in [1.82, 2.24) is 0 Å². The number of methoxy groups -OCH3 is 1. The Morgan fingerprint density at radius 3 is 2.28 bits per heavy atom. The van der Waals surface area contributed by atoms with E-state index in [4.69, 9.17) is 9.47 Å². The lowest BCUT2D eigenvalue weighted by molar-refractivity contribution is -0.156. The zero-order chi connectivity index (χ0) is 19.2. The van der Waals surface area contributed by atoms with E-state index in [-0.39, 0.29) is 12.2 Å². The van der Waals surface area contributed by atoms with Gasteiger partial charge < -0.3 is 9.47 Å². The number of hydrogen-bond donors (Lipinski definition) is 0. The third kappa shape index (κ3) is 5.05. The first-order valence-electron chi connectivity index (χ1n) is 8.30. The summed E-state index contributed by atoms with van der Waals surface area (Å²) in [6, 6.07) is 0. The first kappa shape index (κ1) is 20.7. The molecule has 0 N–H and O–H groups in total. The van der Waals surface area contributed by atoms with Gasteiger partial charge in [-0.15, -0.1) is 0 Å². The van der Waals surface area contributed by atoms with Gasteiger partial charge in [0, 0.05) is 18.1 Å². The second-order valence-corrected chi connectivity index (χ2v) is 6.64. The Hall–Kier alpha value is -2.36. The van der Waals surface area contributed by atoms with Crippen LogP contribution in [0.25, 0.3) is 0 Å². The number of allylic oxidation sites excluding steroid dienone is 4. The maximum absolute atomic E-state index is 13.0. The predicted octanol–water partition coefficient (Wildman–Crippen LogP) is 4.60. The Bertz CT molecular complexity index is 681. The van der Waals surface area contributed by atoms with E-state index in [2.05, 4.69) is 12.7 Å². The van der Waals surface area contributed by atoms with Crippen molar-refractivity contribution >= 4 is 11.8 Å². The van der Waals surface area contributed by atoms with E-state index >= 15 is 0 Å². The van der Waals surface area contributed by atoms with Crippen LogP contribution < -0.4 is 0 Å². The summed E-state index contributed by atoms with van der Waals surface area (Å²) in [5.41, 5.74) is 2.13. The average Bonchev–Trinajstić information content (AvgIpc) is 2.55. The Morgan fingerprint density at radius 1 is 1.20 bits per heavy atom. The molecule has 0 aliphatic heterocycles. The average molecular weight is 344 g/mol. The molecule has 0 fully saturated rings. The van der Waals surface area contributed by atoms with Crippen molar-refractivity contribution in [2.75, 3.05) is 7.11 Å². The Morgan fingerprint density at radius 2 is 1.80 bits per heavy atom. The third-order valence-corrected chi connectivity index (χ3v) is 3.96. The minimum Gasteiger partial charge on any atom is -0.496 e. The van der Waals surface area contributed by atoms with E-state index in [9.17, 15) is 9.59 Å². The smallest absolute Gasteiger partial charge is 0.331 e. The number of carbonyl (C=O) groups is 2. The maximum atomic E-state index is 13.0. The van der Waals surface area contributed by atoms with Crippen molar-refractivity contribution in [3.8, 4) is 0 Å². The van der Waals surface area contributed by atoms with Crippen LogP contribution in [-0.2, 0) is 19.1 Å². The standard InChI is InChI=1S/C21H28O4/c1-8-18(22)25-21(12-11-15(4)5)13-17(10-9-14(2)3)19(24-7)16(6)20(21)23/h8-9,11,13H,1,10,12H2,2-7H3. The van der Waals surface area contributed by atoms with Gasteiger partial charge in [-0.2, -0.15) is 0 Å². The van der Waals surface area contributed by atoms with Crippen LogP contribution >= 0.6 is 0 Å². The van der Waals surface area contributed by atoms with Crippen LogP contribution in [0.1, 0.15) is 47.5 Å². The molecule has 1 atom stereocenters. The molecule has 0 saturated heterocycles. The van der Waals surface area contributed by atoms with Gasteiger partial charge in [-0.1, -0.05) is 29.9 Å². The lowest BCUT2D eigenvalue weighted by Crippen LogP contribution is -2.44. The number of hydrogen-bond acceptors (Lipinski definition) is 4. The molecule has 0 heterocycles. The van der Waals surface area contributed by atoms with E-state index in [0.29, 0.717) is 17.8 Å². The van der Waals surface area contributed by atoms with E-state index < -0.39 is 11.6 Å². The molecule has 1 unspecified atom stereocenters. The highest BCUT2D eigenvalue weighted by Crippen LogP contribution is 2.36. The molecule has 0 saturated carbocycles. The molecule has 1 aliphatic carbocycles. The molecule has 0 radical (unpaired) electrons. The number of esters is 1. The fourth-order valence-electron chi connectivity index (χ4n) is 2.67. The van der Waals surface area contributed by atoms with E-state index in [0.717, 1.165) is 22.8 Å². The van der Waals surface area contributed by atoms with Crippen LogP contribution in [0.3, 0.4) is 0 Å². The van der Waals surface area contributed by atoms with Crippen molar-refractivity contribution in [2.24, 2.45) is 0 Å². The highest BCUT2D eigenvalue weighted by atomic mass is 16.6. The largest absolute Gasteiger partial charge is 0.496 e. The quantitative estimate of drug-likeness (QED) is 0.385. The van der Waals surface area contributed by atoms with E-state index in [1.165, 1.54) is 0 Å². The minimum absolute atomic E-state index is 0.266. The number of Topliss-reactive ketones (excluding diaryl/α,β-unsaturated/α-hetero) is 1. The summed E-state index contributed by atoms with van der Waals surface area (Å²) in [5, 5.41) is 0. The molecule has 0 aromatic heterocycles. The highest BCUT2D eigenvalue weighted by Gasteiger charge is 2.44. The van der Waals surface area contributed by atoms with Crippen LogP contribution in [0.15, 0.2) is 58.9 Å². The SMILES string of the molecule is C=CC(=O)OC1(CC=C(C)C)C=C(CC=C(C)C)C(OC)=C(C)C1=O. The van der Waals surface area contributed by atoms with Gasteiger partial charge in [0.25, 0.3) is 0 Å². The molecule has 0 aromatic carbocycles. The molecule has 4 nitrogen and oxygen atoms in total. The monoisotopic (exact) mass is 344 g/mol. The predicted molar refractivity (Wildman–Crippen MR) is 99.9 cm³/mol. The molecule has 1 rings (SSSR count). The van der Waals surface area contributed by atoms with Crippen molar-refractivity contribution < 1.29 is 19.1 Å².